The van der Waals surface area contributed by atoms with E-state index in [0.29, 0.717) is 11.5 Å². The predicted molar refractivity (Wildman–Crippen MR) is 76.3 cm³/mol. The van der Waals surface area contributed by atoms with Crippen molar-refractivity contribution in [1.29, 1.82) is 0 Å². The van der Waals surface area contributed by atoms with E-state index in [-0.39, 0.29) is 0 Å². The average molecular weight is 243 g/mol. The lowest BCUT2D eigenvalue weighted by atomic mass is 9.75. The molecule has 16 heavy (non-hydrogen) atoms. The van der Waals surface area contributed by atoms with Crippen LogP contribution in [0.15, 0.2) is 0 Å². The molecule has 0 heterocycles. The molecule has 2 unspecified atom stereocenters. The van der Waals surface area contributed by atoms with Gasteiger partial charge in [-0.15, -0.1) is 0 Å². The van der Waals surface area contributed by atoms with Gasteiger partial charge in [0.1, 0.15) is 0 Å². The van der Waals surface area contributed by atoms with Gasteiger partial charge < -0.3 is 5.32 Å². The molecule has 0 spiro atoms. The molecule has 0 saturated heterocycles. The van der Waals surface area contributed by atoms with E-state index in [1.54, 1.807) is 0 Å². The quantitative estimate of drug-likeness (QED) is 0.706. The normalized spacial score (nSPS) is 26.6. The number of rotatable bonds is 6. The van der Waals surface area contributed by atoms with Crippen molar-refractivity contribution < 1.29 is 0 Å². The second-order valence-corrected chi connectivity index (χ2v) is 7.40. The van der Waals surface area contributed by atoms with Crippen LogP contribution in [0.4, 0.5) is 0 Å². The van der Waals surface area contributed by atoms with E-state index in [2.05, 4.69) is 44.8 Å². The molecule has 1 rings (SSSR count). The third kappa shape index (κ3) is 5.58. The zero-order valence-electron chi connectivity index (χ0n) is 11.5. The SMILES string of the molecule is CCSCCC(C)NC1CCCC(C)(C)C1. The first kappa shape index (κ1) is 14.4. The Labute approximate surface area is 106 Å². The minimum absolute atomic E-state index is 0.563. The topological polar surface area (TPSA) is 12.0 Å². The molecule has 0 aromatic heterocycles. The lowest BCUT2D eigenvalue weighted by Crippen LogP contribution is -2.42. The van der Waals surface area contributed by atoms with Crippen LogP contribution in [0, 0.1) is 5.41 Å². The molecular weight excluding hydrogens is 214 g/mol. The molecular formula is C14H29NS. The summed E-state index contributed by atoms with van der Waals surface area (Å²) in [5.41, 5.74) is 0.563. The molecule has 0 bridgehead atoms. The van der Waals surface area contributed by atoms with Gasteiger partial charge in [-0.3, -0.25) is 0 Å². The van der Waals surface area contributed by atoms with Gasteiger partial charge >= 0.3 is 0 Å². The Morgan fingerprint density at radius 1 is 1.44 bits per heavy atom. The lowest BCUT2D eigenvalue weighted by molar-refractivity contribution is 0.190. The molecule has 1 nitrogen and oxygen atoms in total. The molecule has 96 valence electrons. The number of thioether (sulfide) groups is 1. The van der Waals surface area contributed by atoms with Gasteiger partial charge in [0, 0.05) is 12.1 Å². The van der Waals surface area contributed by atoms with E-state index in [1.165, 1.54) is 43.6 Å². The van der Waals surface area contributed by atoms with Crippen LogP contribution >= 0.6 is 11.8 Å². The Morgan fingerprint density at radius 3 is 2.81 bits per heavy atom. The first-order valence-corrected chi connectivity index (χ1v) is 8.03. The van der Waals surface area contributed by atoms with Gasteiger partial charge in [-0.2, -0.15) is 11.8 Å². The summed E-state index contributed by atoms with van der Waals surface area (Å²) >= 11 is 2.06. The zero-order valence-corrected chi connectivity index (χ0v) is 12.3. The summed E-state index contributed by atoms with van der Waals surface area (Å²) in [6, 6.07) is 1.46. The Morgan fingerprint density at radius 2 is 2.19 bits per heavy atom. The van der Waals surface area contributed by atoms with Crippen molar-refractivity contribution in [3.63, 3.8) is 0 Å². The Bertz CT molecular complexity index is 191. The maximum atomic E-state index is 3.82. The van der Waals surface area contributed by atoms with E-state index < -0.39 is 0 Å². The van der Waals surface area contributed by atoms with Crippen molar-refractivity contribution in [2.75, 3.05) is 11.5 Å². The molecule has 0 aromatic carbocycles. The first-order chi connectivity index (χ1) is 7.53. The summed E-state index contributed by atoms with van der Waals surface area (Å²) in [6.07, 6.45) is 6.87. The fraction of sp³-hybridized carbons (Fsp3) is 1.00. The highest BCUT2D eigenvalue weighted by molar-refractivity contribution is 7.99. The number of hydrogen-bond donors (Lipinski definition) is 1. The third-order valence-electron chi connectivity index (χ3n) is 3.62. The van der Waals surface area contributed by atoms with Crippen LogP contribution in [-0.4, -0.2) is 23.6 Å². The fourth-order valence-corrected chi connectivity index (χ4v) is 3.54. The van der Waals surface area contributed by atoms with Crippen molar-refractivity contribution in [1.82, 2.24) is 5.32 Å². The Balaban J connectivity index is 2.20. The molecule has 2 heteroatoms. The Kier molecular flexibility index (Phi) is 6.20. The first-order valence-electron chi connectivity index (χ1n) is 6.87. The van der Waals surface area contributed by atoms with Crippen LogP contribution in [-0.2, 0) is 0 Å². The van der Waals surface area contributed by atoms with E-state index in [0.717, 1.165) is 6.04 Å². The molecule has 1 N–H and O–H groups in total. The molecule has 2 atom stereocenters. The average Bonchev–Trinajstić information content (AvgIpc) is 2.16. The second-order valence-electron chi connectivity index (χ2n) is 6.01. The lowest BCUT2D eigenvalue weighted by Gasteiger charge is -2.37. The van der Waals surface area contributed by atoms with Gasteiger partial charge in [-0.25, -0.2) is 0 Å². The molecule has 0 radical (unpaired) electrons. The highest BCUT2D eigenvalue weighted by Gasteiger charge is 2.28. The molecule has 1 fully saturated rings. The van der Waals surface area contributed by atoms with Crippen molar-refractivity contribution in [3.05, 3.63) is 0 Å². The minimum atomic E-state index is 0.563. The Hall–Kier alpha value is 0.310. The smallest absolute Gasteiger partial charge is 0.00746 e. The highest BCUT2D eigenvalue weighted by Crippen LogP contribution is 2.35. The van der Waals surface area contributed by atoms with Gasteiger partial charge in [0.25, 0.3) is 0 Å². The van der Waals surface area contributed by atoms with Crippen molar-refractivity contribution in [3.8, 4) is 0 Å². The summed E-state index contributed by atoms with van der Waals surface area (Å²) in [5, 5.41) is 3.82. The molecule has 0 amide bonds. The maximum Gasteiger partial charge on any atom is 0.00746 e. The van der Waals surface area contributed by atoms with Crippen LogP contribution < -0.4 is 5.32 Å². The molecule has 1 aliphatic rings. The molecule has 1 saturated carbocycles. The van der Waals surface area contributed by atoms with E-state index in [1.807, 2.05) is 0 Å². The van der Waals surface area contributed by atoms with Crippen molar-refractivity contribution >= 4 is 11.8 Å². The third-order valence-corrected chi connectivity index (χ3v) is 4.56. The van der Waals surface area contributed by atoms with E-state index in [9.17, 15) is 0 Å². The summed E-state index contributed by atoms with van der Waals surface area (Å²) in [5.74, 6) is 2.56. The van der Waals surface area contributed by atoms with Crippen LogP contribution in [0.3, 0.4) is 0 Å². The summed E-state index contributed by atoms with van der Waals surface area (Å²) in [4.78, 5) is 0. The van der Waals surface area contributed by atoms with Crippen LogP contribution in [0.5, 0.6) is 0 Å². The van der Waals surface area contributed by atoms with Gasteiger partial charge in [-0.1, -0.05) is 27.2 Å². The standard InChI is InChI=1S/C14H29NS/c1-5-16-10-8-12(2)15-13-7-6-9-14(3,4)11-13/h12-13,15H,5-11H2,1-4H3. The van der Waals surface area contributed by atoms with Gasteiger partial charge in [0.15, 0.2) is 0 Å². The van der Waals surface area contributed by atoms with Gasteiger partial charge in [0.05, 0.1) is 0 Å². The zero-order chi connectivity index (χ0) is 12.0. The van der Waals surface area contributed by atoms with Crippen LogP contribution in [0.1, 0.15) is 59.8 Å². The maximum absolute atomic E-state index is 3.82. The molecule has 0 aromatic rings. The summed E-state index contributed by atoms with van der Waals surface area (Å²) in [7, 11) is 0. The number of hydrogen-bond acceptors (Lipinski definition) is 2. The second kappa shape index (κ2) is 6.90. The fourth-order valence-electron chi connectivity index (χ4n) is 2.73. The minimum Gasteiger partial charge on any atom is -0.311 e. The van der Waals surface area contributed by atoms with Crippen molar-refractivity contribution in [2.24, 2.45) is 5.41 Å². The van der Waals surface area contributed by atoms with E-state index >= 15 is 0 Å². The highest BCUT2D eigenvalue weighted by atomic mass is 32.2. The largest absolute Gasteiger partial charge is 0.311 e. The van der Waals surface area contributed by atoms with Gasteiger partial charge in [-0.05, 0) is 49.5 Å². The van der Waals surface area contributed by atoms with Crippen LogP contribution in [0.2, 0.25) is 0 Å². The van der Waals surface area contributed by atoms with Gasteiger partial charge in [0.2, 0.25) is 0 Å². The van der Waals surface area contributed by atoms with Crippen molar-refractivity contribution in [2.45, 2.75) is 71.9 Å². The monoisotopic (exact) mass is 243 g/mol. The van der Waals surface area contributed by atoms with E-state index in [4.69, 9.17) is 0 Å². The molecule has 0 aliphatic heterocycles. The number of nitrogens with one attached hydrogen (secondary N) is 1. The summed E-state index contributed by atoms with van der Waals surface area (Å²) < 4.78 is 0. The van der Waals surface area contributed by atoms with Crippen LogP contribution in [0.25, 0.3) is 0 Å². The molecule has 1 aliphatic carbocycles. The predicted octanol–water partition coefficient (Wildman–Crippen LogP) is 4.08. The summed E-state index contributed by atoms with van der Waals surface area (Å²) in [6.45, 7) is 9.42.